The summed E-state index contributed by atoms with van der Waals surface area (Å²) >= 11 is 0. The zero-order valence-corrected chi connectivity index (χ0v) is 17.4. The Morgan fingerprint density at radius 1 is 1.21 bits per heavy atom. The number of benzene rings is 1. The van der Waals surface area contributed by atoms with Crippen molar-refractivity contribution in [2.24, 2.45) is 0 Å². The fourth-order valence-corrected chi connectivity index (χ4v) is 3.97. The Morgan fingerprint density at radius 3 is 2.76 bits per heavy atom. The van der Waals surface area contributed by atoms with Gasteiger partial charge in [-0.1, -0.05) is 19.0 Å². The highest BCUT2D eigenvalue weighted by atomic mass is 16.5. The van der Waals surface area contributed by atoms with E-state index in [1.54, 1.807) is 14.2 Å². The fraction of sp³-hybridized carbons (Fsp3) is 0.455. The van der Waals surface area contributed by atoms with E-state index < -0.39 is 0 Å². The summed E-state index contributed by atoms with van der Waals surface area (Å²) in [6, 6.07) is 8.30. The van der Waals surface area contributed by atoms with Crippen LogP contribution < -0.4 is 9.47 Å². The van der Waals surface area contributed by atoms with Crippen LogP contribution in [0.1, 0.15) is 55.7 Å². The van der Waals surface area contributed by atoms with Crippen LogP contribution in [0.4, 0.5) is 0 Å². The summed E-state index contributed by atoms with van der Waals surface area (Å²) in [4.78, 5) is 2.46. The predicted molar refractivity (Wildman–Crippen MR) is 110 cm³/mol. The molecule has 4 rings (SSSR count). The van der Waals surface area contributed by atoms with Crippen molar-refractivity contribution in [3.8, 4) is 22.8 Å². The first-order valence-electron chi connectivity index (χ1n) is 10.1. The minimum absolute atomic E-state index is 0.277. The molecule has 1 N–H and O–H groups in total. The molecule has 7 nitrogen and oxygen atoms in total. The molecular formula is C22H28N4O3. The van der Waals surface area contributed by atoms with Gasteiger partial charge in [0, 0.05) is 29.7 Å². The number of hydrogen-bond acceptors (Lipinski definition) is 6. The smallest absolute Gasteiger partial charge is 0.161 e. The number of methoxy groups -OCH3 is 2. The Kier molecular flexibility index (Phi) is 5.58. The molecule has 1 aliphatic rings. The van der Waals surface area contributed by atoms with Crippen molar-refractivity contribution < 1.29 is 14.0 Å². The molecule has 1 unspecified atom stereocenters. The van der Waals surface area contributed by atoms with E-state index in [0.717, 1.165) is 54.2 Å². The molecule has 0 amide bonds. The first-order chi connectivity index (χ1) is 14.1. The summed E-state index contributed by atoms with van der Waals surface area (Å²) in [5.41, 5.74) is 4.20. The fourth-order valence-electron chi connectivity index (χ4n) is 3.97. The lowest BCUT2D eigenvalue weighted by Gasteiger charge is -2.22. The van der Waals surface area contributed by atoms with E-state index in [2.05, 4.69) is 40.2 Å². The normalized spacial score (nSPS) is 17.2. The summed E-state index contributed by atoms with van der Waals surface area (Å²) in [6.45, 7) is 6.08. The zero-order chi connectivity index (χ0) is 20.4. The number of H-pyrrole nitrogens is 1. The number of aromatic amines is 1. The zero-order valence-electron chi connectivity index (χ0n) is 17.4. The Morgan fingerprint density at radius 2 is 2.03 bits per heavy atom. The molecule has 154 valence electrons. The van der Waals surface area contributed by atoms with Gasteiger partial charge in [-0.2, -0.15) is 5.10 Å². The number of aromatic nitrogens is 3. The maximum Gasteiger partial charge on any atom is 0.161 e. The molecule has 0 bridgehead atoms. The van der Waals surface area contributed by atoms with Crippen LogP contribution in [0.2, 0.25) is 0 Å². The van der Waals surface area contributed by atoms with Gasteiger partial charge >= 0.3 is 0 Å². The summed E-state index contributed by atoms with van der Waals surface area (Å²) in [6.07, 6.45) is 4.15. The van der Waals surface area contributed by atoms with Crippen molar-refractivity contribution in [3.05, 3.63) is 47.5 Å². The van der Waals surface area contributed by atoms with Crippen molar-refractivity contribution in [1.82, 2.24) is 20.3 Å². The topological polar surface area (TPSA) is 76.4 Å². The predicted octanol–water partition coefficient (Wildman–Crippen LogP) is 4.54. The molecule has 1 atom stereocenters. The standard InChI is InChI=1S/C22H28N4O3/c1-14(2)20-11-17(25-29-20)18-6-5-9-26(18)13-16-12-23-24-22(16)15-7-8-19(27-3)21(10-15)28-4/h7-8,10-12,14,18H,5-6,9,13H2,1-4H3,(H,23,24). The number of nitrogens with one attached hydrogen (secondary N) is 1. The first kappa shape index (κ1) is 19.5. The highest BCUT2D eigenvalue weighted by molar-refractivity contribution is 5.66. The monoisotopic (exact) mass is 396 g/mol. The van der Waals surface area contributed by atoms with Crippen LogP contribution in [0.5, 0.6) is 11.5 Å². The van der Waals surface area contributed by atoms with E-state index in [1.165, 1.54) is 0 Å². The Bertz CT molecular complexity index is 963. The molecular weight excluding hydrogens is 368 g/mol. The van der Waals surface area contributed by atoms with Crippen molar-refractivity contribution in [2.45, 2.75) is 45.2 Å². The average Bonchev–Trinajstić information content (AvgIpc) is 3.48. The van der Waals surface area contributed by atoms with Gasteiger partial charge < -0.3 is 14.0 Å². The van der Waals surface area contributed by atoms with E-state index in [9.17, 15) is 0 Å². The minimum atomic E-state index is 0.277. The van der Waals surface area contributed by atoms with Gasteiger partial charge in [0.2, 0.25) is 0 Å². The molecule has 1 aliphatic heterocycles. The summed E-state index contributed by atoms with van der Waals surface area (Å²) in [5, 5.41) is 11.8. The number of rotatable bonds is 7. The van der Waals surface area contributed by atoms with E-state index in [4.69, 9.17) is 14.0 Å². The molecule has 3 heterocycles. The van der Waals surface area contributed by atoms with Gasteiger partial charge in [0.05, 0.1) is 32.2 Å². The van der Waals surface area contributed by atoms with E-state index in [0.29, 0.717) is 17.4 Å². The van der Waals surface area contributed by atoms with Crippen LogP contribution in [0.3, 0.4) is 0 Å². The van der Waals surface area contributed by atoms with Crippen LogP contribution in [-0.4, -0.2) is 41.0 Å². The summed E-state index contributed by atoms with van der Waals surface area (Å²) < 4.78 is 16.4. The lowest BCUT2D eigenvalue weighted by atomic mass is 10.1. The molecule has 0 radical (unpaired) electrons. The van der Waals surface area contributed by atoms with Gasteiger partial charge in [-0.05, 0) is 37.6 Å². The molecule has 3 aromatic rings. The van der Waals surface area contributed by atoms with Crippen molar-refractivity contribution in [2.75, 3.05) is 20.8 Å². The van der Waals surface area contributed by atoms with Crippen LogP contribution in [0.15, 0.2) is 35.0 Å². The Balaban J connectivity index is 1.57. The van der Waals surface area contributed by atoms with Crippen LogP contribution >= 0.6 is 0 Å². The highest BCUT2D eigenvalue weighted by Gasteiger charge is 2.30. The molecule has 1 saturated heterocycles. The van der Waals surface area contributed by atoms with Gasteiger partial charge in [0.25, 0.3) is 0 Å². The van der Waals surface area contributed by atoms with Crippen molar-refractivity contribution >= 4 is 0 Å². The number of hydrogen-bond donors (Lipinski definition) is 1. The lowest BCUT2D eigenvalue weighted by Crippen LogP contribution is -2.23. The largest absolute Gasteiger partial charge is 0.493 e. The van der Waals surface area contributed by atoms with Gasteiger partial charge in [-0.25, -0.2) is 0 Å². The second-order valence-electron chi connectivity index (χ2n) is 7.78. The summed E-state index contributed by atoms with van der Waals surface area (Å²) in [5.74, 6) is 2.70. The van der Waals surface area contributed by atoms with Gasteiger partial charge in [0.15, 0.2) is 11.5 Å². The van der Waals surface area contributed by atoms with Crippen molar-refractivity contribution in [1.29, 1.82) is 0 Å². The van der Waals surface area contributed by atoms with Crippen LogP contribution in [-0.2, 0) is 6.54 Å². The van der Waals surface area contributed by atoms with Gasteiger partial charge in [0.1, 0.15) is 11.5 Å². The molecule has 0 aliphatic carbocycles. The van der Waals surface area contributed by atoms with E-state index in [1.807, 2.05) is 24.4 Å². The Hall–Kier alpha value is -2.80. The second kappa shape index (κ2) is 8.29. The SMILES string of the molecule is COc1ccc(-c2[nH]ncc2CN2CCCC2c2cc(C(C)C)on2)cc1OC. The molecule has 0 saturated carbocycles. The number of likely N-dealkylation sites (tertiary alicyclic amines) is 1. The third-order valence-electron chi connectivity index (χ3n) is 5.58. The molecule has 1 fully saturated rings. The van der Waals surface area contributed by atoms with E-state index in [-0.39, 0.29) is 6.04 Å². The van der Waals surface area contributed by atoms with Crippen LogP contribution in [0.25, 0.3) is 11.3 Å². The number of ether oxygens (including phenoxy) is 2. The number of nitrogens with zero attached hydrogens (tertiary/aromatic N) is 3. The molecule has 1 aromatic carbocycles. The molecule has 2 aromatic heterocycles. The Labute approximate surface area is 171 Å². The van der Waals surface area contributed by atoms with Gasteiger partial charge in [-0.3, -0.25) is 10.00 Å². The quantitative estimate of drug-likeness (QED) is 0.632. The van der Waals surface area contributed by atoms with Gasteiger partial charge in [-0.15, -0.1) is 0 Å². The van der Waals surface area contributed by atoms with Crippen molar-refractivity contribution in [3.63, 3.8) is 0 Å². The maximum absolute atomic E-state index is 5.54. The van der Waals surface area contributed by atoms with Crippen LogP contribution in [0, 0.1) is 0 Å². The second-order valence-corrected chi connectivity index (χ2v) is 7.78. The average molecular weight is 396 g/mol. The third-order valence-corrected chi connectivity index (χ3v) is 5.58. The molecule has 29 heavy (non-hydrogen) atoms. The molecule has 7 heteroatoms. The minimum Gasteiger partial charge on any atom is -0.493 e. The molecule has 0 spiro atoms. The lowest BCUT2D eigenvalue weighted by molar-refractivity contribution is 0.236. The maximum atomic E-state index is 5.54. The van der Waals surface area contributed by atoms with E-state index >= 15 is 0 Å². The third kappa shape index (κ3) is 3.87. The first-order valence-corrected chi connectivity index (χ1v) is 10.1. The highest BCUT2D eigenvalue weighted by Crippen LogP contribution is 2.36. The summed E-state index contributed by atoms with van der Waals surface area (Å²) in [7, 11) is 3.29.